The molecule has 2 N–H and O–H groups in total. The van der Waals surface area contributed by atoms with Gasteiger partial charge in [0.15, 0.2) is 0 Å². The van der Waals surface area contributed by atoms with E-state index in [2.05, 4.69) is 4.72 Å². The number of sulfonamides is 1. The Morgan fingerprint density at radius 1 is 1.33 bits per heavy atom. The number of rotatable bonds is 5. The molecular weight excluding hydrogens is 250 g/mol. The lowest BCUT2D eigenvalue weighted by Crippen LogP contribution is -2.36. The van der Waals surface area contributed by atoms with E-state index < -0.39 is 16.1 Å². The van der Waals surface area contributed by atoms with Gasteiger partial charge in [0, 0.05) is 6.04 Å². The number of aliphatic hydroxyl groups excluding tert-OH is 1. The van der Waals surface area contributed by atoms with Gasteiger partial charge in [0.1, 0.15) is 0 Å². The van der Waals surface area contributed by atoms with E-state index in [1.165, 1.54) is 5.56 Å². The zero-order valence-corrected chi connectivity index (χ0v) is 11.3. The minimum absolute atomic E-state index is 0.180. The Bertz CT molecular complexity index is 521. The van der Waals surface area contributed by atoms with Crippen LogP contribution in [0.2, 0.25) is 0 Å². The summed E-state index contributed by atoms with van der Waals surface area (Å²) >= 11 is 0. The molecule has 0 saturated heterocycles. The average molecular weight is 269 g/mol. The fraction of sp³-hybridized carbons (Fsp3) is 0.538. The first-order valence-corrected chi connectivity index (χ1v) is 7.80. The number of hydrogen-bond acceptors (Lipinski definition) is 3. The van der Waals surface area contributed by atoms with Crippen molar-refractivity contribution < 1.29 is 13.5 Å². The summed E-state index contributed by atoms with van der Waals surface area (Å²) < 4.78 is 26.8. The summed E-state index contributed by atoms with van der Waals surface area (Å²) in [5, 5.41) is 9.06. The van der Waals surface area contributed by atoms with E-state index in [1.807, 2.05) is 13.0 Å². The zero-order chi connectivity index (χ0) is 13.2. The molecule has 0 saturated carbocycles. The van der Waals surface area contributed by atoms with Crippen molar-refractivity contribution in [3.63, 3.8) is 0 Å². The van der Waals surface area contributed by atoms with Crippen LogP contribution < -0.4 is 4.72 Å². The minimum Gasteiger partial charge on any atom is -0.395 e. The molecule has 0 aliphatic heterocycles. The molecular formula is C13H19NO3S. The van der Waals surface area contributed by atoms with Gasteiger partial charge in [0.2, 0.25) is 10.0 Å². The van der Waals surface area contributed by atoms with Gasteiger partial charge in [-0.1, -0.05) is 13.0 Å². The number of hydrogen-bond donors (Lipinski definition) is 2. The Balaban J connectivity index is 2.24. The van der Waals surface area contributed by atoms with Crippen molar-refractivity contribution in [2.75, 3.05) is 6.61 Å². The highest BCUT2D eigenvalue weighted by Gasteiger charge is 2.20. The molecule has 100 valence electrons. The van der Waals surface area contributed by atoms with Gasteiger partial charge in [-0.2, -0.15) is 0 Å². The van der Waals surface area contributed by atoms with Crippen LogP contribution in [0, 0.1) is 0 Å². The topological polar surface area (TPSA) is 66.4 Å². The molecule has 0 unspecified atom stereocenters. The molecule has 0 radical (unpaired) electrons. The molecule has 5 heteroatoms. The molecule has 1 aromatic rings. The summed E-state index contributed by atoms with van der Waals surface area (Å²) in [5.74, 6) is 0. The number of aliphatic hydroxyl groups is 1. The Morgan fingerprint density at radius 3 is 2.72 bits per heavy atom. The first kappa shape index (κ1) is 13.5. The smallest absolute Gasteiger partial charge is 0.240 e. The first-order chi connectivity index (χ1) is 8.56. The predicted octanol–water partition coefficient (Wildman–Crippen LogP) is 1.22. The largest absolute Gasteiger partial charge is 0.395 e. The monoisotopic (exact) mass is 269 g/mol. The molecule has 2 rings (SSSR count). The van der Waals surface area contributed by atoms with Crippen LogP contribution in [0.1, 0.15) is 30.9 Å². The van der Waals surface area contributed by atoms with Crippen molar-refractivity contribution in [3.8, 4) is 0 Å². The molecule has 0 heterocycles. The summed E-state index contributed by atoms with van der Waals surface area (Å²) in [4.78, 5) is 0.301. The second-order valence-electron chi connectivity index (χ2n) is 4.69. The highest BCUT2D eigenvalue weighted by molar-refractivity contribution is 7.89. The normalized spacial score (nSPS) is 16.6. The van der Waals surface area contributed by atoms with E-state index in [9.17, 15) is 8.42 Å². The molecule has 1 atom stereocenters. The van der Waals surface area contributed by atoms with Crippen LogP contribution in [0.4, 0.5) is 0 Å². The lowest BCUT2D eigenvalue weighted by Gasteiger charge is -2.15. The molecule has 0 amide bonds. The number of fused-ring (bicyclic) bond motifs is 1. The quantitative estimate of drug-likeness (QED) is 0.844. The van der Waals surface area contributed by atoms with Gasteiger partial charge in [0.05, 0.1) is 11.5 Å². The van der Waals surface area contributed by atoms with Gasteiger partial charge in [-0.3, -0.25) is 0 Å². The van der Waals surface area contributed by atoms with Crippen molar-refractivity contribution in [2.24, 2.45) is 0 Å². The maximum atomic E-state index is 12.1. The molecule has 1 aliphatic carbocycles. The molecule has 0 aromatic heterocycles. The molecule has 0 bridgehead atoms. The van der Waals surface area contributed by atoms with Gasteiger partial charge in [0.25, 0.3) is 0 Å². The third-order valence-corrected chi connectivity index (χ3v) is 4.93. The van der Waals surface area contributed by atoms with E-state index in [-0.39, 0.29) is 6.61 Å². The van der Waals surface area contributed by atoms with Crippen molar-refractivity contribution in [1.29, 1.82) is 0 Å². The van der Waals surface area contributed by atoms with Crippen LogP contribution >= 0.6 is 0 Å². The maximum absolute atomic E-state index is 12.1. The standard InChI is InChI=1S/C13H19NO3S/c1-2-12(9-15)14-18(16,17)13-7-6-10-4-3-5-11(10)8-13/h6-8,12,14-15H,2-5,9H2,1H3/t12-/m0/s1. The SMILES string of the molecule is CC[C@@H](CO)NS(=O)(=O)c1ccc2c(c1)CCC2. The molecule has 18 heavy (non-hydrogen) atoms. The lowest BCUT2D eigenvalue weighted by molar-refractivity contribution is 0.254. The van der Waals surface area contributed by atoms with Crippen LogP contribution in [0.5, 0.6) is 0 Å². The Hall–Kier alpha value is -0.910. The van der Waals surface area contributed by atoms with Gasteiger partial charge in [-0.25, -0.2) is 13.1 Å². The fourth-order valence-electron chi connectivity index (χ4n) is 2.25. The van der Waals surface area contributed by atoms with E-state index in [0.29, 0.717) is 11.3 Å². The number of benzene rings is 1. The fourth-order valence-corrected chi connectivity index (χ4v) is 3.61. The zero-order valence-electron chi connectivity index (χ0n) is 10.5. The highest BCUT2D eigenvalue weighted by Crippen LogP contribution is 2.24. The van der Waals surface area contributed by atoms with Crippen molar-refractivity contribution >= 4 is 10.0 Å². The highest BCUT2D eigenvalue weighted by atomic mass is 32.2. The summed E-state index contributed by atoms with van der Waals surface area (Å²) in [5.41, 5.74) is 2.39. The Morgan fingerprint density at radius 2 is 2.06 bits per heavy atom. The minimum atomic E-state index is -3.52. The summed E-state index contributed by atoms with van der Waals surface area (Å²) in [6.45, 7) is 1.66. The molecule has 1 aromatic carbocycles. The lowest BCUT2D eigenvalue weighted by atomic mass is 10.1. The summed E-state index contributed by atoms with van der Waals surface area (Å²) in [6, 6.07) is 4.89. The van der Waals surface area contributed by atoms with E-state index in [1.54, 1.807) is 12.1 Å². The van der Waals surface area contributed by atoms with Gasteiger partial charge >= 0.3 is 0 Å². The predicted molar refractivity (Wildman–Crippen MR) is 70.0 cm³/mol. The Labute approximate surface area is 108 Å². The third kappa shape index (κ3) is 2.74. The van der Waals surface area contributed by atoms with Crippen molar-refractivity contribution in [2.45, 2.75) is 43.5 Å². The van der Waals surface area contributed by atoms with E-state index in [0.717, 1.165) is 24.8 Å². The third-order valence-electron chi connectivity index (χ3n) is 3.42. The second kappa shape index (κ2) is 5.38. The second-order valence-corrected chi connectivity index (χ2v) is 6.41. The first-order valence-electron chi connectivity index (χ1n) is 6.32. The molecule has 1 aliphatic rings. The van der Waals surface area contributed by atoms with Crippen LogP contribution in [-0.4, -0.2) is 26.2 Å². The summed E-state index contributed by atoms with van der Waals surface area (Å²) in [7, 11) is -3.52. The van der Waals surface area contributed by atoms with Gasteiger partial charge in [-0.15, -0.1) is 0 Å². The molecule has 4 nitrogen and oxygen atoms in total. The number of aryl methyl sites for hydroxylation is 2. The molecule has 0 fully saturated rings. The van der Waals surface area contributed by atoms with Crippen LogP contribution in [-0.2, 0) is 22.9 Å². The average Bonchev–Trinajstić information content (AvgIpc) is 2.83. The van der Waals surface area contributed by atoms with Gasteiger partial charge in [-0.05, 0) is 48.9 Å². The van der Waals surface area contributed by atoms with Gasteiger partial charge < -0.3 is 5.11 Å². The van der Waals surface area contributed by atoms with E-state index >= 15 is 0 Å². The van der Waals surface area contributed by atoms with E-state index in [4.69, 9.17) is 5.11 Å². The molecule has 0 spiro atoms. The Kier molecular flexibility index (Phi) is 4.04. The van der Waals surface area contributed by atoms with Crippen molar-refractivity contribution in [3.05, 3.63) is 29.3 Å². The maximum Gasteiger partial charge on any atom is 0.240 e. The van der Waals surface area contributed by atoms with Crippen LogP contribution in [0.3, 0.4) is 0 Å². The van der Waals surface area contributed by atoms with Crippen LogP contribution in [0.25, 0.3) is 0 Å². The number of nitrogens with one attached hydrogen (secondary N) is 1. The van der Waals surface area contributed by atoms with Crippen LogP contribution in [0.15, 0.2) is 23.1 Å². The summed E-state index contributed by atoms with van der Waals surface area (Å²) in [6.07, 6.45) is 3.66. The van der Waals surface area contributed by atoms with Crippen molar-refractivity contribution in [1.82, 2.24) is 4.72 Å².